The first-order valence-corrected chi connectivity index (χ1v) is 7.04. The number of hydrogen-bond acceptors (Lipinski definition) is 3. The summed E-state index contributed by atoms with van der Waals surface area (Å²) in [7, 11) is 0. The van der Waals surface area contributed by atoms with Crippen LogP contribution in [0.25, 0.3) is 0 Å². The predicted octanol–water partition coefficient (Wildman–Crippen LogP) is 1.81. The second kappa shape index (κ2) is 6.06. The number of rotatable bonds is 4. The fourth-order valence-corrected chi connectivity index (χ4v) is 2.66. The first-order chi connectivity index (χ1) is 9.11. The van der Waals surface area contributed by atoms with E-state index in [9.17, 15) is 0 Å². The average molecular weight is 260 g/mol. The number of nitrogens with two attached hydrogens (primary N) is 1. The van der Waals surface area contributed by atoms with E-state index in [1.165, 1.54) is 18.5 Å². The van der Waals surface area contributed by atoms with Crippen LogP contribution in [0.1, 0.15) is 24.5 Å². The van der Waals surface area contributed by atoms with Crippen LogP contribution in [-0.4, -0.2) is 43.5 Å². The number of aryl methyl sites for hydroxylation is 1. The molecule has 0 atom stereocenters. The Labute approximate surface area is 115 Å². The zero-order valence-electron chi connectivity index (χ0n) is 11.9. The predicted molar refractivity (Wildman–Crippen MR) is 81.1 cm³/mol. The van der Waals surface area contributed by atoms with E-state index in [0.717, 1.165) is 37.4 Å². The maximum absolute atomic E-state index is 7.71. The first-order valence-electron chi connectivity index (χ1n) is 7.04. The molecule has 0 spiro atoms. The van der Waals surface area contributed by atoms with Gasteiger partial charge in [-0.3, -0.25) is 10.3 Å². The van der Waals surface area contributed by atoms with Gasteiger partial charge in [-0.15, -0.1) is 0 Å². The zero-order chi connectivity index (χ0) is 13.8. The minimum absolute atomic E-state index is 0.158. The molecule has 2 rings (SSSR count). The number of nitrogens with zero attached hydrogens (tertiary/aromatic N) is 2. The molecule has 1 aliphatic rings. The summed E-state index contributed by atoms with van der Waals surface area (Å²) >= 11 is 0. The monoisotopic (exact) mass is 260 g/mol. The maximum Gasteiger partial charge on any atom is 0.124 e. The molecule has 0 unspecified atom stereocenters. The topological polar surface area (TPSA) is 56.4 Å². The van der Waals surface area contributed by atoms with Gasteiger partial charge in [0.2, 0.25) is 0 Å². The van der Waals surface area contributed by atoms with Crippen molar-refractivity contribution in [1.82, 2.24) is 4.90 Å². The molecule has 0 radical (unpaired) electrons. The highest BCUT2D eigenvalue weighted by molar-refractivity contribution is 6.00. The molecule has 1 fully saturated rings. The van der Waals surface area contributed by atoms with Crippen LogP contribution in [0, 0.1) is 12.3 Å². The largest absolute Gasteiger partial charge is 0.384 e. The zero-order valence-corrected chi connectivity index (χ0v) is 11.9. The third-order valence-corrected chi connectivity index (χ3v) is 3.70. The van der Waals surface area contributed by atoms with Crippen molar-refractivity contribution in [3.63, 3.8) is 0 Å². The van der Waals surface area contributed by atoms with Crippen LogP contribution < -0.4 is 10.6 Å². The number of nitrogen functional groups attached to an aromatic ring is 1. The van der Waals surface area contributed by atoms with E-state index in [-0.39, 0.29) is 5.84 Å². The van der Waals surface area contributed by atoms with Crippen LogP contribution in [0.4, 0.5) is 5.69 Å². The van der Waals surface area contributed by atoms with Gasteiger partial charge < -0.3 is 10.6 Å². The van der Waals surface area contributed by atoms with Gasteiger partial charge in [0.1, 0.15) is 5.84 Å². The molecule has 1 aliphatic heterocycles. The molecule has 19 heavy (non-hydrogen) atoms. The Morgan fingerprint density at radius 2 is 1.95 bits per heavy atom. The van der Waals surface area contributed by atoms with Gasteiger partial charge in [0.15, 0.2) is 0 Å². The Hall–Kier alpha value is -1.55. The Balaban J connectivity index is 2.14. The van der Waals surface area contributed by atoms with Crippen LogP contribution in [-0.2, 0) is 0 Å². The average Bonchev–Trinajstić information content (AvgIpc) is 2.39. The second-order valence-corrected chi connectivity index (χ2v) is 5.26. The van der Waals surface area contributed by atoms with Crippen LogP contribution in [0.5, 0.6) is 0 Å². The smallest absolute Gasteiger partial charge is 0.124 e. The summed E-state index contributed by atoms with van der Waals surface area (Å²) in [6.45, 7) is 9.72. The molecule has 1 aromatic carbocycles. The van der Waals surface area contributed by atoms with E-state index < -0.39 is 0 Å². The minimum atomic E-state index is 0.158. The van der Waals surface area contributed by atoms with E-state index in [1.54, 1.807) is 0 Å². The quantitative estimate of drug-likeness (QED) is 0.641. The van der Waals surface area contributed by atoms with Gasteiger partial charge in [-0.25, -0.2) is 0 Å². The Morgan fingerprint density at radius 1 is 1.26 bits per heavy atom. The van der Waals surface area contributed by atoms with Gasteiger partial charge >= 0.3 is 0 Å². The van der Waals surface area contributed by atoms with E-state index in [2.05, 4.69) is 29.7 Å². The van der Waals surface area contributed by atoms with Crippen molar-refractivity contribution in [2.24, 2.45) is 5.73 Å². The summed E-state index contributed by atoms with van der Waals surface area (Å²) in [5.74, 6) is 0.158. The van der Waals surface area contributed by atoms with Crippen molar-refractivity contribution >= 4 is 11.5 Å². The molecule has 4 heteroatoms. The van der Waals surface area contributed by atoms with Crippen molar-refractivity contribution in [1.29, 1.82) is 5.41 Å². The van der Waals surface area contributed by atoms with Gasteiger partial charge in [-0.2, -0.15) is 0 Å². The van der Waals surface area contributed by atoms with Crippen molar-refractivity contribution in [3.05, 3.63) is 29.3 Å². The minimum Gasteiger partial charge on any atom is -0.384 e. The highest BCUT2D eigenvalue weighted by Crippen LogP contribution is 2.23. The van der Waals surface area contributed by atoms with Crippen molar-refractivity contribution in [2.75, 3.05) is 37.6 Å². The summed E-state index contributed by atoms with van der Waals surface area (Å²) in [6.07, 6.45) is 1.21. The molecule has 0 saturated carbocycles. The molecule has 104 valence electrons. The molecule has 0 amide bonds. The van der Waals surface area contributed by atoms with Gasteiger partial charge in [-0.1, -0.05) is 13.0 Å². The number of anilines is 1. The van der Waals surface area contributed by atoms with E-state index in [4.69, 9.17) is 11.1 Å². The summed E-state index contributed by atoms with van der Waals surface area (Å²) in [4.78, 5) is 4.86. The third-order valence-electron chi connectivity index (χ3n) is 3.70. The summed E-state index contributed by atoms with van der Waals surface area (Å²) in [5.41, 5.74) is 8.88. The number of amidine groups is 1. The summed E-state index contributed by atoms with van der Waals surface area (Å²) in [6, 6.07) is 6.13. The lowest BCUT2D eigenvalue weighted by atomic mass is 10.1. The molecule has 0 aromatic heterocycles. The van der Waals surface area contributed by atoms with Gasteiger partial charge in [0.25, 0.3) is 0 Å². The van der Waals surface area contributed by atoms with Crippen molar-refractivity contribution in [3.8, 4) is 0 Å². The highest BCUT2D eigenvalue weighted by atomic mass is 15.3. The number of piperazine rings is 1. The number of benzene rings is 1. The molecule has 3 N–H and O–H groups in total. The van der Waals surface area contributed by atoms with Crippen LogP contribution in [0.3, 0.4) is 0 Å². The first kappa shape index (κ1) is 13.9. The molecule has 0 bridgehead atoms. The fourth-order valence-electron chi connectivity index (χ4n) is 2.66. The summed E-state index contributed by atoms with van der Waals surface area (Å²) < 4.78 is 0. The van der Waals surface area contributed by atoms with Crippen molar-refractivity contribution in [2.45, 2.75) is 20.3 Å². The molecule has 4 nitrogen and oxygen atoms in total. The van der Waals surface area contributed by atoms with E-state index >= 15 is 0 Å². The Kier molecular flexibility index (Phi) is 4.43. The normalized spacial score (nSPS) is 16.6. The molecule has 1 aromatic rings. The van der Waals surface area contributed by atoms with E-state index in [0.29, 0.717) is 0 Å². The van der Waals surface area contributed by atoms with Gasteiger partial charge in [0.05, 0.1) is 0 Å². The lowest BCUT2D eigenvalue weighted by Gasteiger charge is -2.37. The molecular weight excluding hydrogens is 236 g/mol. The number of nitrogens with one attached hydrogen (secondary N) is 1. The van der Waals surface area contributed by atoms with Crippen LogP contribution in [0.15, 0.2) is 18.2 Å². The molecule has 1 saturated heterocycles. The lowest BCUT2D eigenvalue weighted by Crippen LogP contribution is -2.47. The maximum atomic E-state index is 7.71. The van der Waals surface area contributed by atoms with Gasteiger partial charge in [0, 0.05) is 37.4 Å². The van der Waals surface area contributed by atoms with Crippen LogP contribution in [0.2, 0.25) is 0 Å². The SMILES string of the molecule is CCCN1CCN(c2cc(C)ccc2C(=N)N)CC1. The third kappa shape index (κ3) is 3.26. The highest BCUT2D eigenvalue weighted by Gasteiger charge is 2.19. The number of hydrogen-bond donors (Lipinski definition) is 2. The van der Waals surface area contributed by atoms with Crippen molar-refractivity contribution < 1.29 is 0 Å². The molecular formula is C15H24N4. The molecule has 1 heterocycles. The lowest BCUT2D eigenvalue weighted by molar-refractivity contribution is 0.258. The van der Waals surface area contributed by atoms with E-state index in [1.807, 2.05) is 12.1 Å². The van der Waals surface area contributed by atoms with Crippen LogP contribution >= 0.6 is 0 Å². The second-order valence-electron chi connectivity index (χ2n) is 5.26. The fraction of sp³-hybridized carbons (Fsp3) is 0.533. The Bertz CT molecular complexity index is 447. The molecule has 0 aliphatic carbocycles. The van der Waals surface area contributed by atoms with Gasteiger partial charge in [-0.05, 0) is 37.6 Å². The Morgan fingerprint density at radius 3 is 2.53 bits per heavy atom. The standard InChI is InChI=1S/C15H24N4/c1-3-6-18-7-9-19(10-8-18)14-11-12(2)4-5-13(14)15(16)17/h4-5,11H,3,6-10H2,1-2H3,(H3,16,17). The summed E-state index contributed by atoms with van der Waals surface area (Å²) in [5, 5.41) is 7.71.